The van der Waals surface area contributed by atoms with Crippen LogP contribution in [0.25, 0.3) is 0 Å². The van der Waals surface area contributed by atoms with Crippen LogP contribution in [0.2, 0.25) is 0 Å². The first-order valence-electron chi connectivity index (χ1n) is 3.69. The highest BCUT2D eigenvalue weighted by atomic mass is 32.3. The van der Waals surface area contributed by atoms with Crippen LogP contribution in [0.1, 0.15) is 26.7 Å². The van der Waals surface area contributed by atoms with Crippen LogP contribution >= 0.6 is 0 Å². The molecular formula is C6H14NO3S+. The second-order valence-electron chi connectivity index (χ2n) is 2.30. The number of rotatable bonds is 6. The van der Waals surface area contributed by atoms with Gasteiger partial charge in [0.15, 0.2) is 11.5 Å². The third-order valence-corrected chi connectivity index (χ3v) is 3.59. The van der Waals surface area contributed by atoms with Gasteiger partial charge >= 0.3 is 0 Å². The maximum Gasteiger partial charge on any atom is 0.291 e. The van der Waals surface area contributed by atoms with Crippen molar-refractivity contribution >= 4 is 10.2 Å². The third kappa shape index (κ3) is 4.08. The largest absolute Gasteiger partial charge is 0.291 e. The summed E-state index contributed by atoms with van der Waals surface area (Å²) >= 11 is 0. The fraction of sp³-hybridized carbons (Fsp3) is 1.00. The minimum absolute atomic E-state index is 0.423. The van der Waals surface area contributed by atoms with E-state index in [2.05, 4.69) is 9.62 Å². The minimum Gasteiger partial charge on any atom is -0.135 e. The first-order valence-corrected chi connectivity index (χ1v) is 5.51. The molecule has 0 aliphatic carbocycles. The molecule has 0 aromatic rings. The molecule has 0 aliphatic heterocycles. The lowest BCUT2D eigenvalue weighted by atomic mass is 10.6. The van der Waals surface area contributed by atoms with Gasteiger partial charge < -0.3 is 0 Å². The van der Waals surface area contributed by atoms with Crippen molar-refractivity contribution in [2.24, 2.45) is 5.34 Å². The summed E-state index contributed by atoms with van der Waals surface area (Å²) in [4.78, 5) is 9.72. The molecule has 0 rings (SSSR count). The lowest BCUT2D eigenvalue weighted by molar-refractivity contribution is 0.342. The van der Waals surface area contributed by atoms with Crippen molar-refractivity contribution in [2.45, 2.75) is 26.7 Å². The highest BCUT2D eigenvalue weighted by Crippen LogP contribution is 2.11. The van der Waals surface area contributed by atoms with Gasteiger partial charge in [0.1, 0.15) is 0 Å². The monoisotopic (exact) mass is 180 g/mol. The molecule has 4 nitrogen and oxygen atoms in total. The first-order chi connectivity index (χ1) is 5.18. The molecule has 0 radical (unpaired) electrons. The number of hydrogen-bond donors (Lipinski definition) is 0. The summed E-state index contributed by atoms with van der Waals surface area (Å²) in [5.74, 6) is 0.846. The van der Waals surface area contributed by atoms with E-state index < -0.39 is 10.2 Å². The van der Waals surface area contributed by atoms with Gasteiger partial charge in [-0.1, -0.05) is 18.1 Å². The Balaban J connectivity index is 4.01. The van der Waals surface area contributed by atoms with E-state index in [1.807, 2.05) is 13.8 Å². The Morgan fingerprint density at radius 1 is 1.27 bits per heavy atom. The molecule has 0 saturated heterocycles. The molecule has 0 N–H and O–H groups in total. The molecule has 0 aromatic carbocycles. The van der Waals surface area contributed by atoms with Crippen molar-refractivity contribution in [1.82, 2.24) is 0 Å². The molecule has 0 bridgehead atoms. The summed E-state index contributed by atoms with van der Waals surface area (Å²) < 4.78 is 15.8. The average Bonchev–Trinajstić information content (AvgIpc) is 1.88. The van der Waals surface area contributed by atoms with Crippen LogP contribution in [0.4, 0.5) is 0 Å². The quantitative estimate of drug-likeness (QED) is 0.356. The summed E-state index contributed by atoms with van der Waals surface area (Å²) in [5, 5.41) is 2.22. The molecule has 0 saturated carbocycles. The van der Waals surface area contributed by atoms with E-state index in [-0.39, 0.29) is 0 Å². The smallest absolute Gasteiger partial charge is 0.135 e. The van der Waals surface area contributed by atoms with E-state index in [0.717, 1.165) is 12.8 Å². The number of hydrogen-bond acceptors (Lipinski definition) is 4. The van der Waals surface area contributed by atoms with Gasteiger partial charge in [-0.3, -0.25) is 0 Å². The SMILES string of the molecule is CCC[S+](=O)(CCC)ON=O. The highest BCUT2D eigenvalue weighted by Gasteiger charge is 2.29. The van der Waals surface area contributed by atoms with Crippen LogP contribution < -0.4 is 0 Å². The summed E-state index contributed by atoms with van der Waals surface area (Å²) in [6.07, 6.45) is 1.49. The Bertz CT molecular complexity index is 150. The second kappa shape index (κ2) is 5.23. The zero-order chi connectivity index (χ0) is 8.74. The van der Waals surface area contributed by atoms with Crippen molar-refractivity contribution in [3.8, 4) is 0 Å². The minimum atomic E-state index is -2.42. The van der Waals surface area contributed by atoms with Crippen LogP contribution in [0, 0.1) is 4.91 Å². The third-order valence-electron chi connectivity index (χ3n) is 1.20. The van der Waals surface area contributed by atoms with Gasteiger partial charge in [0, 0.05) is 0 Å². The van der Waals surface area contributed by atoms with Crippen LogP contribution in [0.3, 0.4) is 0 Å². The second-order valence-corrected chi connectivity index (χ2v) is 4.75. The molecule has 0 unspecified atom stereocenters. The van der Waals surface area contributed by atoms with E-state index in [4.69, 9.17) is 0 Å². The molecule has 66 valence electrons. The molecule has 11 heavy (non-hydrogen) atoms. The van der Waals surface area contributed by atoms with Crippen molar-refractivity contribution in [3.63, 3.8) is 0 Å². The summed E-state index contributed by atoms with van der Waals surface area (Å²) in [5.41, 5.74) is 0. The molecule has 5 heteroatoms. The molecular weight excluding hydrogens is 166 g/mol. The van der Waals surface area contributed by atoms with Crippen LogP contribution in [0.5, 0.6) is 0 Å². The predicted molar refractivity (Wildman–Crippen MR) is 45.2 cm³/mol. The van der Waals surface area contributed by atoms with Gasteiger partial charge in [-0.05, 0) is 12.8 Å². The maximum absolute atomic E-state index is 11.5. The lowest BCUT2D eigenvalue weighted by Gasteiger charge is -2.02. The topological polar surface area (TPSA) is 55.7 Å². The highest BCUT2D eigenvalue weighted by molar-refractivity contribution is 7.98. The first kappa shape index (κ1) is 10.6. The van der Waals surface area contributed by atoms with Gasteiger partial charge in [0.05, 0.1) is 0 Å². The Morgan fingerprint density at radius 3 is 2.00 bits per heavy atom. The molecule has 0 fully saturated rings. The molecule has 0 heterocycles. The summed E-state index contributed by atoms with van der Waals surface area (Å²) in [6, 6.07) is 0. The van der Waals surface area contributed by atoms with E-state index in [0.29, 0.717) is 11.5 Å². The van der Waals surface area contributed by atoms with E-state index >= 15 is 0 Å². The van der Waals surface area contributed by atoms with Gasteiger partial charge in [0.2, 0.25) is 5.34 Å². The van der Waals surface area contributed by atoms with Crippen LogP contribution in [-0.4, -0.2) is 11.5 Å². The molecule has 0 aromatic heterocycles. The number of nitrogens with zero attached hydrogens (tertiary/aromatic N) is 1. The van der Waals surface area contributed by atoms with Crippen molar-refractivity contribution in [1.29, 1.82) is 0 Å². The predicted octanol–water partition coefficient (Wildman–Crippen LogP) is 1.92. The maximum atomic E-state index is 11.5. The van der Waals surface area contributed by atoms with Crippen molar-refractivity contribution in [3.05, 3.63) is 4.91 Å². The van der Waals surface area contributed by atoms with Crippen LogP contribution in [-0.2, 0) is 18.7 Å². The summed E-state index contributed by atoms with van der Waals surface area (Å²) in [7, 11) is -2.42. The zero-order valence-corrected chi connectivity index (χ0v) is 7.73. The molecule has 0 spiro atoms. The Morgan fingerprint density at radius 2 is 1.73 bits per heavy atom. The normalized spacial score (nSPS) is 11.1. The average molecular weight is 180 g/mol. The van der Waals surface area contributed by atoms with Crippen molar-refractivity contribution in [2.75, 3.05) is 11.5 Å². The lowest BCUT2D eigenvalue weighted by Crippen LogP contribution is -2.20. The van der Waals surface area contributed by atoms with E-state index in [1.165, 1.54) is 0 Å². The Labute approximate surface area is 67.9 Å². The zero-order valence-electron chi connectivity index (χ0n) is 6.91. The molecule has 0 atom stereocenters. The van der Waals surface area contributed by atoms with Crippen molar-refractivity contribution < 1.29 is 8.49 Å². The van der Waals surface area contributed by atoms with Gasteiger partial charge in [0.25, 0.3) is 10.2 Å². The summed E-state index contributed by atoms with van der Waals surface area (Å²) in [6.45, 7) is 3.78. The Hall–Kier alpha value is -0.450. The fourth-order valence-corrected chi connectivity index (χ4v) is 2.56. The molecule has 0 amide bonds. The van der Waals surface area contributed by atoms with Crippen LogP contribution in [0.15, 0.2) is 5.34 Å². The van der Waals surface area contributed by atoms with E-state index in [1.54, 1.807) is 0 Å². The standard InChI is InChI=1S/C6H14NO3S/c1-3-5-11(9,6-4-2)10-7-8/h3-6H2,1-2H3/q+1. The Kier molecular flexibility index (Phi) is 5.02. The molecule has 0 aliphatic rings. The van der Waals surface area contributed by atoms with Gasteiger partial charge in [-0.25, -0.2) is 0 Å². The van der Waals surface area contributed by atoms with Gasteiger partial charge in [-0.15, -0.1) is 9.19 Å². The van der Waals surface area contributed by atoms with E-state index in [9.17, 15) is 9.12 Å². The van der Waals surface area contributed by atoms with Gasteiger partial charge in [-0.2, -0.15) is 0 Å². The fourth-order valence-electron chi connectivity index (χ4n) is 0.854.